The van der Waals surface area contributed by atoms with Crippen LogP contribution in [0, 0.1) is 0 Å². The van der Waals surface area contributed by atoms with Crippen molar-refractivity contribution in [3.8, 4) is 5.75 Å². The molecule has 4 nitrogen and oxygen atoms in total. The zero-order chi connectivity index (χ0) is 14.8. The Morgan fingerprint density at radius 2 is 2.10 bits per heavy atom. The highest BCUT2D eigenvalue weighted by atomic mass is 19.4. The number of carbonyl (C=O) groups excluding carboxylic acids is 1. The first-order valence-corrected chi connectivity index (χ1v) is 6.21. The van der Waals surface area contributed by atoms with Gasteiger partial charge in [0.1, 0.15) is 5.75 Å². The zero-order valence-corrected chi connectivity index (χ0v) is 10.9. The van der Waals surface area contributed by atoms with Gasteiger partial charge >= 0.3 is 6.36 Å². The SMILES string of the molecule is CN(C(=O)c1ccccc1OC(F)(F)F)[C@H]1CCNC1. The lowest BCUT2D eigenvalue weighted by Crippen LogP contribution is -2.38. The number of hydrogen-bond donors (Lipinski definition) is 1. The molecule has 1 saturated heterocycles. The number of amides is 1. The van der Waals surface area contributed by atoms with Crippen LogP contribution in [0.15, 0.2) is 24.3 Å². The summed E-state index contributed by atoms with van der Waals surface area (Å²) >= 11 is 0. The monoisotopic (exact) mass is 288 g/mol. The molecule has 1 aromatic carbocycles. The fourth-order valence-electron chi connectivity index (χ4n) is 2.18. The van der Waals surface area contributed by atoms with Crippen molar-refractivity contribution >= 4 is 5.91 Å². The Hall–Kier alpha value is -1.76. The minimum atomic E-state index is -4.82. The molecule has 1 amide bonds. The highest BCUT2D eigenvalue weighted by molar-refractivity contribution is 5.97. The second kappa shape index (κ2) is 5.70. The van der Waals surface area contributed by atoms with Crippen LogP contribution in [-0.2, 0) is 0 Å². The molecule has 0 saturated carbocycles. The van der Waals surface area contributed by atoms with Crippen molar-refractivity contribution in [2.75, 3.05) is 20.1 Å². The summed E-state index contributed by atoms with van der Waals surface area (Å²) in [5.74, 6) is -0.943. The molecule has 7 heteroatoms. The number of likely N-dealkylation sites (N-methyl/N-ethyl adjacent to an activating group) is 1. The van der Waals surface area contributed by atoms with E-state index in [4.69, 9.17) is 0 Å². The Bertz CT molecular complexity index is 485. The maximum absolute atomic E-state index is 12.3. The predicted octanol–water partition coefficient (Wildman–Crippen LogP) is 2.02. The van der Waals surface area contributed by atoms with Crippen LogP contribution >= 0.6 is 0 Å². The zero-order valence-electron chi connectivity index (χ0n) is 10.9. The lowest BCUT2D eigenvalue weighted by molar-refractivity contribution is -0.274. The highest BCUT2D eigenvalue weighted by Gasteiger charge is 2.34. The summed E-state index contributed by atoms with van der Waals surface area (Å²) in [5.41, 5.74) is -0.0841. The number of alkyl halides is 3. The Balaban J connectivity index is 2.20. The van der Waals surface area contributed by atoms with Gasteiger partial charge in [-0.2, -0.15) is 0 Å². The third kappa shape index (κ3) is 3.41. The summed E-state index contributed by atoms with van der Waals surface area (Å²) in [5, 5.41) is 3.11. The summed E-state index contributed by atoms with van der Waals surface area (Å²) in [6, 6.07) is 5.37. The summed E-state index contributed by atoms with van der Waals surface area (Å²) in [6.45, 7) is 1.44. The molecule has 1 aliphatic heterocycles. The Morgan fingerprint density at radius 1 is 1.40 bits per heavy atom. The molecule has 0 aromatic heterocycles. The number of nitrogens with one attached hydrogen (secondary N) is 1. The number of nitrogens with zero attached hydrogens (tertiary/aromatic N) is 1. The molecule has 110 valence electrons. The van der Waals surface area contributed by atoms with E-state index in [1.807, 2.05) is 0 Å². The number of benzene rings is 1. The first-order chi connectivity index (χ1) is 9.38. The summed E-state index contributed by atoms with van der Waals surface area (Å²) in [7, 11) is 1.59. The van der Waals surface area contributed by atoms with Crippen molar-refractivity contribution < 1.29 is 22.7 Å². The van der Waals surface area contributed by atoms with Gasteiger partial charge in [0, 0.05) is 19.6 Å². The number of hydrogen-bond acceptors (Lipinski definition) is 3. The molecular formula is C13H15F3N2O2. The molecule has 1 aliphatic rings. The van der Waals surface area contributed by atoms with Crippen molar-refractivity contribution in [3.63, 3.8) is 0 Å². The summed E-state index contributed by atoms with van der Waals surface area (Å²) in [6.07, 6.45) is -4.03. The first kappa shape index (κ1) is 14.6. The minimum absolute atomic E-state index is 0.0126. The van der Waals surface area contributed by atoms with Gasteiger partial charge in [0.25, 0.3) is 5.91 Å². The van der Waals surface area contributed by atoms with Crippen molar-refractivity contribution in [2.24, 2.45) is 0 Å². The van der Waals surface area contributed by atoms with Gasteiger partial charge in [-0.15, -0.1) is 13.2 Å². The molecular weight excluding hydrogens is 273 g/mol. The number of ether oxygens (including phenoxy) is 1. The van der Waals surface area contributed by atoms with Gasteiger partial charge in [0.2, 0.25) is 0 Å². The Kier molecular flexibility index (Phi) is 4.17. The molecule has 0 aliphatic carbocycles. The van der Waals surface area contributed by atoms with E-state index in [1.165, 1.54) is 23.1 Å². The average molecular weight is 288 g/mol. The topological polar surface area (TPSA) is 41.6 Å². The van der Waals surface area contributed by atoms with Gasteiger partial charge < -0.3 is 15.0 Å². The van der Waals surface area contributed by atoms with E-state index in [-0.39, 0.29) is 11.6 Å². The largest absolute Gasteiger partial charge is 0.573 e. The molecule has 1 atom stereocenters. The Labute approximate surface area is 114 Å². The fourth-order valence-corrected chi connectivity index (χ4v) is 2.18. The van der Waals surface area contributed by atoms with Crippen molar-refractivity contribution in [2.45, 2.75) is 18.8 Å². The number of halogens is 3. The quantitative estimate of drug-likeness (QED) is 0.925. The maximum Gasteiger partial charge on any atom is 0.573 e. The maximum atomic E-state index is 12.3. The third-order valence-electron chi connectivity index (χ3n) is 3.25. The Morgan fingerprint density at radius 3 is 2.70 bits per heavy atom. The van der Waals surface area contributed by atoms with Crippen molar-refractivity contribution in [1.82, 2.24) is 10.2 Å². The van der Waals surface area contributed by atoms with E-state index in [2.05, 4.69) is 10.1 Å². The molecule has 0 unspecified atom stereocenters. The van der Waals surface area contributed by atoms with Crippen molar-refractivity contribution in [1.29, 1.82) is 0 Å². The van der Waals surface area contributed by atoms with E-state index in [0.717, 1.165) is 19.0 Å². The summed E-state index contributed by atoms with van der Waals surface area (Å²) in [4.78, 5) is 13.7. The lowest BCUT2D eigenvalue weighted by Gasteiger charge is -2.24. The predicted molar refractivity (Wildman–Crippen MR) is 66.5 cm³/mol. The van der Waals surface area contributed by atoms with Crippen LogP contribution in [0.4, 0.5) is 13.2 Å². The third-order valence-corrected chi connectivity index (χ3v) is 3.25. The van der Waals surface area contributed by atoms with Gasteiger partial charge in [0.15, 0.2) is 0 Å². The summed E-state index contributed by atoms with van der Waals surface area (Å²) < 4.78 is 40.9. The van der Waals surface area contributed by atoms with Gasteiger partial charge in [-0.1, -0.05) is 12.1 Å². The molecule has 1 aromatic rings. The smallest absolute Gasteiger partial charge is 0.405 e. The van der Waals surface area contributed by atoms with Crippen LogP contribution < -0.4 is 10.1 Å². The lowest BCUT2D eigenvalue weighted by atomic mass is 10.1. The number of rotatable bonds is 3. The molecule has 1 N–H and O–H groups in total. The average Bonchev–Trinajstić information content (AvgIpc) is 2.89. The van der Waals surface area contributed by atoms with Crippen LogP contribution in [0.2, 0.25) is 0 Å². The van der Waals surface area contributed by atoms with E-state index in [1.54, 1.807) is 7.05 Å². The van der Waals surface area contributed by atoms with E-state index in [9.17, 15) is 18.0 Å². The first-order valence-electron chi connectivity index (χ1n) is 6.21. The highest BCUT2D eigenvalue weighted by Crippen LogP contribution is 2.27. The van der Waals surface area contributed by atoms with E-state index >= 15 is 0 Å². The molecule has 0 spiro atoms. The van der Waals surface area contributed by atoms with E-state index in [0.29, 0.717) is 6.54 Å². The van der Waals surface area contributed by atoms with Crippen LogP contribution in [-0.4, -0.2) is 43.3 Å². The van der Waals surface area contributed by atoms with Crippen LogP contribution in [0.5, 0.6) is 5.75 Å². The van der Waals surface area contributed by atoms with Crippen LogP contribution in [0.25, 0.3) is 0 Å². The second-order valence-corrected chi connectivity index (χ2v) is 4.61. The normalized spacial score (nSPS) is 18.9. The number of carbonyl (C=O) groups is 1. The van der Waals surface area contributed by atoms with Crippen molar-refractivity contribution in [3.05, 3.63) is 29.8 Å². The minimum Gasteiger partial charge on any atom is -0.405 e. The molecule has 0 radical (unpaired) electrons. The van der Waals surface area contributed by atoms with Gasteiger partial charge in [-0.05, 0) is 25.1 Å². The van der Waals surface area contributed by atoms with Crippen LogP contribution in [0.1, 0.15) is 16.8 Å². The van der Waals surface area contributed by atoms with Gasteiger partial charge in [0.05, 0.1) is 5.56 Å². The molecule has 1 heterocycles. The molecule has 2 rings (SSSR count). The molecule has 0 bridgehead atoms. The fraction of sp³-hybridized carbons (Fsp3) is 0.462. The molecule has 1 fully saturated rings. The van der Waals surface area contributed by atoms with E-state index < -0.39 is 18.0 Å². The molecule has 20 heavy (non-hydrogen) atoms. The second-order valence-electron chi connectivity index (χ2n) is 4.61. The van der Waals surface area contributed by atoms with Gasteiger partial charge in [-0.25, -0.2) is 0 Å². The standard InChI is InChI=1S/C13H15F3N2O2/c1-18(9-6-7-17-8-9)12(19)10-4-2-3-5-11(10)20-13(14,15)16/h2-5,9,17H,6-8H2,1H3/t9-/m0/s1. The van der Waals surface area contributed by atoms with Crippen LogP contribution in [0.3, 0.4) is 0 Å². The van der Waals surface area contributed by atoms with Gasteiger partial charge in [-0.3, -0.25) is 4.79 Å². The number of para-hydroxylation sites is 1.